The van der Waals surface area contributed by atoms with E-state index in [0.29, 0.717) is 9.92 Å². The SMILES string of the molecule is NOS(=O)c1ccc(Cl)cc1. The van der Waals surface area contributed by atoms with E-state index in [9.17, 15) is 4.21 Å². The maximum Gasteiger partial charge on any atom is 0.206 e. The van der Waals surface area contributed by atoms with E-state index in [4.69, 9.17) is 17.5 Å². The van der Waals surface area contributed by atoms with E-state index < -0.39 is 11.1 Å². The average molecular weight is 192 g/mol. The van der Waals surface area contributed by atoms with Crippen molar-refractivity contribution in [2.45, 2.75) is 4.90 Å². The molecule has 0 heterocycles. The molecule has 0 amide bonds. The summed E-state index contributed by atoms with van der Waals surface area (Å²) in [5.74, 6) is 4.71. The lowest BCUT2D eigenvalue weighted by molar-refractivity contribution is 0.367. The van der Waals surface area contributed by atoms with E-state index in [0.717, 1.165) is 0 Å². The van der Waals surface area contributed by atoms with Gasteiger partial charge in [0.05, 0.1) is 4.90 Å². The summed E-state index contributed by atoms with van der Waals surface area (Å²) in [6.45, 7) is 0. The molecule has 1 atom stereocenters. The van der Waals surface area contributed by atoms with Gasteiger partial charge in [-0.15, -0.1) is 0 Å². The van der Waals surface area contributed by atoms with Gasteiger partial charge in [0.15, 0.2) is 0 Å². The van der Waals surface area contributed by atoms with Crippen molar-refractivity contribution >= 4 is 22.7 Å². The summed E-state index contributed by atoms with van der Waals surface area (Å²) in [5, 5.41) is 0.586. The van der Waals surface area contributed by atoms with Crippen molar-refractivity contribution < 1.29 is 8.49 Å². The Kier molecular flexibility index (Phi) is 3.02. The van der Waals surface area contributed by atoms with Gasteiger partial charge in [0.2, 0.25) is 11.1 Å². The van der Waals surface area contributed by atoms with Crippen molar-refractivity contribution in [1.82, 2.24) is 0 Å². The highest BCUT2D eigenvalue weighted by Crippen LogP contribution is 2.12. The molecule has 0 aromatic heterocycles. The van der Waals surface area contributed by atoms with Crippen molar-refractivity contribution in [3.63, 3.8) is 0 Å². The van der Waals surface area contributed by atoms with Crippen molar-refractivity contribution in [2.24, 2.45) is 5.90 Å². The lowest BCUT2D eigenvalue weighted by atomic mass is 10.4. The number of halogens is 1. The van der Waals surface area contributed by atoms with Crippen LogP contribution in [-0.2, 0) is 15.4 Å². The Morgan fingerprint density at radius 2 is 1.91 bits per heavy atom. The molecule has 1 aromatic carbocycles. The second-order valence-electron chi connectivity index (χ2n) is 1.78. The minimum Gasteiger partial charge on any atom is -0.223 e. The number of hydrogen-bond acceptors (Lipinski definition) is 3. The van der Waals surface area contributed by atoms with Crippen LogP contribution in [0.4, 0.5) is 0 Å². The van der Waals surface area contributed by atoms with Crippen LogP contribution in [0.2, 0.25) is 5.02 Å². The second kappa shape index (κ2) is 3.82. The standard InChI is InChI=1S/C6H6ClNO2S/c7-5-1-3-6(4-2-5)11(9)10-8/h1-4H,8H2. The number of nitrogens with two attached hydrogens (primary N) is 1. The summed E-state index contributed by atoms with van der Waals surface area (Å²) < 4.78 is 15.0. The van der Waals surface area contributed by atoms with E-state index in [2.05, 4.69) is 4.28 Å². The fraction of sp³-hybridized carbons (Fsp3) is 0. The highest BCUT2D eigenvalue weighted by atomic mass is 35.5. The molecule has 3 nitrogen and oxygen atoms in total. The zero-order valence-corrected chi connectivity index (χ0v) is 7.06. The minimum absolute atomic E-state index is 0.497. The van der Waals surface area contributed by atoms with Crippen LogP contribution < -0.4 is 5.90 Å². The molecule has 5 heteroatoms. The van der Waals surface area contributed by atoms with Crippen LogP contribution >= 0.6 is 11.6 Å². The first-order valence-corrected chi connectivity index (χ1v) is 4.24. The highest BCUT2D eigenvalue weighted by Gasteiger charge is 2.00. The van der Waals surface area contributed by atoms with Crippen molar-refractivity contribution in [3.8, 4) is 0 Å². The second-order valence-corrected chi connectivity index (χ2v) is 3.35. The van der Waals surface area contributed by atoms with Crippen LogP contribution in [0.25, 0.3) is 0 Å². The largest absolute Gasteiger partial charge is 0.223 e. The van der Waals surface area contributed by atoms with Gasteiger partial charge in [0, 0.05) is 5.02 Å². The highest BCUT2D eigenvalue weighted by molar-refractivity contribution is 7.80. The van der Waals surface area contributed by atoms with Gasteiger partial charge in [-0.1, -0.05) is 11.6 Å². The van der Waals surface area contributed by atoms with Crippen LogP contribution in [0.15, 0.2) is 29.2 Å². The van der Waals surface area contributed by atoms with E-state index in [1.807, 2.05) is 0 Å². The molecule has 1 aromatic rings. The maximum absolute atomic E-state index is 10.8. The van der Waals surface area contributed by atoms with Gasteiger partial charge >= 0.3 is 0 Å². The average Bonchev–Trinajstić information content (AvgIpc) is 2.05. The fourth-order valence-electron chi connectivity index (χ4n) is 0.601. The first kappa shape index (κ1) is 8.67. The van der Waals surface area contributed by atoms with Crippen LogP contribution in [0.5, 0.6) is 0 Å². The van der Waals surface area contributed by atoms with Gasteiger partial charge in [-0.25, -0.2) is 4.21 Å². The summed E-state index contributed by atoms with van der Waals surface area (Å²) in [5.41, 5.74) is 0. The van der Waals surface area contributed by atoms with Crippen LogP contribution in [0, 0.1) is 0 Å². The quantitative estimate of drug-likeness (QED) is 0.716. The molecular weight excluding hydrogens is 186 g/mol. The van der Waals surface area contributed by atoms with Gasteiger partial charge < -0.3 is 0 Å². The third-order valence-electron chi connectivity index (χ3n) is 1.09. The Balaban J connectivity index is 2.90. The van der Waals surface area contributed by atoms with Gasteiger partial charge in [-0.05, 0) is 24.3 Å². The predicted molar refractivity (Wildman–Crippen MR) is 43.1 cm³/mol. The summed E-state index contributed by atoms with van der Waals surface area (Å²) >= 11 is 4.01. The Morgan fingerprint density at radius 1 is 1.36 bits per heavy atom. The molecule has 0 aliphatic carbocycles. The molecule has 0 fully saturated rings. The number of benzene rings is 1. The molecule has 0 bridgehead atoms. The molecule has 0 saturated heterocycles. The third kappa shape index (κ3) is 2.27. The topological polar surface area (TPSA) is 52.3 Å². The number of hydrogen-bond donors (Lipinski definition) is 1. The molecule has 60 valence electrons. The first-order valence-electron chi connectivity index (χ1n) is 2.78. The zero-order chi connectivity index (χ0) is 8.27. The predicted octanol–water partition coefficient (Wildman–Crippen LogP) is 1.25. The zero-order valence-electron chi connectivity index (χ0n) is 5.49. The monoisotopic (exact) mass is 191 g/mol. The fourth-order valence-corrected chi connectivity index (χ4v) is 1.20. The van der Waals surface area contributed by atoms with Crippen molar-refractivity contribution in [2.75, 3.05) is 0 Å². The van der Waals surface area contributed by atoms with Crippen molar-refractivity contribution in [3.05, 3.63) is 29.3 Å². The molecule has 2 N–H and O–H groups in total. The van der Waals surface area contributed by atoms with E-state index >= 15 is 0 Å². The first-order chi connectivity index (χ1) is 5.24. The summed E-state index contributed by atoms with van der Waals surface area (Å²) in [4.78, 5) is 0.497. The molecule has 1 unspecified atom stereocenters. The summed E-state index contributed by atoms with van der Waals surface area (Å²) in [7, 11) is 0. The third-order valence-corrected chi connectivity index (χ3v) is 2.18. The molecule has 1 rings (SSSR count). The maximum atomic E-state index is 10.8. The molecule has 11 heavy (non-hydrogen) atoms. The molecular formula is C6H6ClNO2S. The minimum atomic E-state index is -1.58. The normalized spacial score (nSPS) is 12.9. The Hall–Kier alpha value is -0.420. The summed E-state index contributed by atoms with van der Waals surface area (Å²) in [6, 6.07) is 6.41. The smallest absolute Gasteiger partial charge is 0.206 e. The summed E-state index contributed by atoms with van der Waals surface area (Å²) in [6.07, 6.45) is 0. The van der Waals surface area contributed by atoms with E-state index in [1.54, 1.807) is 24.3 Å². The van der Waals surface area contributed by atoms with Crippen LogP contribution in [0.1, 0.15) is 0 Å². The van der Waals surface area contributed by atoms with Crippen LogP contribution in [-0.4, -0.2) is 4.21 Å². The lowest BCUT2D eigenvalue weighted by Crippen LogP contribution is -2.03. The Morgan fingerprint density at radius 3 is 2.36 bits per heavy atom. The van der Waals surface area contributed by atoms with Crippen molar-refractivity contribution in [1.29, 1.82) is 0 Å². The van der Waals surface area contributed by atoms with E-state index in [1.165, 1.54) is 0 Å². The molecule has 0 aliphatic heterocycles. The van der Waals surface area contributed by atoms with Gasteiger partial charge in [-0.2, -0.15) is 10.2 Å². The lowest BCUT2D eigenvalue weighted by Gasteiger charge is -1.96. The van der Waals surface area contributed by atoms with Gasteiger partial charge in [-0.3, -0.25) is 0 Å². The van der Waals surface area contributed by atoms with E-state index in [-0.39, 0.29) is 0 Å². The molecule has 0 spiro atoms. The van der Waals surface area contributed by atoms with Gasteiger partial charge in [0.25, 0.3) is 0 Å². The Labute approximate surface area is 71.7 Å². The molecule has 0 aliphatic rings. The molecule has 0 radical (unpaired) electrons. The Bertz CT molecular complexity index is 262. The number of rotatable bonds is 2. The van der Waals surface area contributed by atoms with Crippen LogP contribution in [0.3, 0.4) is 0 Å². The van der Waals surface area contributed by atoms with Gasteiger partial charge in [0.1, 0.15) is 0 Å². The molecule has 0 saturated carbocycles.